The molecule has 4 rings (SSSR count). The van der Waals surface area contributed by atoms with E-state index in [4.69, 9.17) is 23.2 Å². The number of nitrogens with one attached hydrogen (secondary N) is 1. The Balaban J connectivity index is 0.00000196. The van der Waals surface area contributed by atoms with Gasteiger partial charge in [0.05, 0.1) is 15.6 Å². The molecule has 0 fully saturated rings. The van der Waals surface area contributed by atoms with E-state index in [0.29, 0.717) is 10.0 Å². The van der Waals surface area contributed by atoms with E-state index in [9.17, 15) is 0 Å². The fraction of sp³-hybridized carbons (Fsp3) is 0.333. The van der Waals surface area contributed by atoms with Crippen LogP contribution in [0, 0.1) is 0 Å². The lowest BCUT2D eigenvalue weighted by atomic mass is 10.1. The number of hydrogen-bond donors (Lipinski definition) is 1. The van der Waals surface area contributed by atoms with Gasteiger partial charge in [-0.2, -0.15) is 0 Å². The van der Waals surface area contributed by atoms with Crippen molar-refractivity contribution in [1.29, 1.82) is 0 Å². The van der Waals surface area contributed by atoms with Crippen molar-refractivity contribution < 1.29 is 0 Å². The molecular formula is C21H23Cl3N2. The van der Waals surface area contributed by atoms with Crippen LogP contribution in [-0.2, 0) is 25.8 Å². The highest BCUT2D eigenvalue weighted by Gasteiger charge is 2.21. The van der Waals surface area contributed by atoms with Crippen molar-refractivity contribution >= 4 is 46.5 Å². The van der Waals surface area contributed by atoms with Gasteiger partial charge in [-0.15, -0.1) is 12.4 Å². The number of fused-ring (bicyclic) bond motifs is 3. The molecule has 0 amide bonds. The SMILES string of the molecule is Cl.Clc1ccc2c(c1Cl)c1c(n2CCCc2ccccc2)CCNCC1. The van der Waals surface area contributed by atoms with Gasteiger partial charge in [0.2, 0.25) is 0 Å². The van der Waals surface area contributed by atoms with Gasteiger partial charge in [-0.05, 0) is 49.1 Å². The molecule has 0 saturated carbocycles. The molecule has 0 bridgehead atoms. The molecule has 1 aliphatic heterocycles. The zero-order valence-electron chi connectivity index (χ0n) is 14.6. The van der Waals surface area contributed by atoms with Crippen molar-refractivity contribution in [1.82, 2.24) is 9.88 Å². The third-order valence-electron chi connectivity index (χ3n) is 5.12. The number of nitrogens with zero attached hydrogens (tertiary/aromatic N) is 1. The second-order valence-electron chi connectivity index (χ2n) is 6.67. The van der Waals surface area contributed by atoms with Crippen molar-refractivity contribution in [3.8, 4) is 0 Å². The van der Waals surface area contributed by atoms with Crippen molar-refractivity contribution in [2.75, 3.05) is 13.1 Å². The average molecular weight is 410 g/mol. The minimum absolute atomic E-state index is 0. The van der Waals surface area contributed by atoms with E-state index in [1.165, 1.54) is 22.3 Å². The summed E-state index contributed by atoms with van der Waals surface area (Å²) in [5.74, 6) is 0. The Bertz CT molecular complexity index is 887. The smallest absolute Gasteiger partial charge is 0.0689 e. The number of halogens is 3. The minimum Gasteiger partial charge on any atom is -0.344 e. The Kier molecular flexibility index (Phi) is 6.52. The van der Waals surface area contributed by atoms with Crippen LogP contribution in [0.2, 0.25) is 10.0 Å². The standard InChI is InChI=1S/C21H22Cl2N2.ClH/c22-17-8-9-19-20(21(17)23)16-10-12-24-13-11-18(16)25(19)14-4-7-15-5-2-1-3-6-15;/h1-3,5-6,8-9,24H,4,7,10-14H2;1H. The molecule has 0 atom stereocenters. The number of aryl methyl sites for hydroxylation is 2. The fourth-order valence-electron chi connectivity index (χ4n) is 3.95. The van der Waals surface area contributed by atoms with Gasteiger partial charge in [0.1, 0.15) is 0 Å². The van der Waals surface area contributed by atoms with E-state index in [0.717, 1.165) is 50.7 Å². The van der Waals surface area contributed by atoms with Crippen molar-refractivity contribution in [2.45, 2.75) is 32.2 Å². The Morgan fingerprint density at radius 3 is 2.54 bits per heavy atom. The van der Waals surface area contributed by atoms with E-state index in [1.54, 1.807) is 0 Å². The highest BCUT2D eigenvalue weighted by Crippen LogP contribution is 2.37. The van der Waals surface area contributed by atoms with Crippen LogP contribution >= 0.6 is 35.6 Å². The average Bonchev–Trinajstić information content (AvgIpc) is 2.78. The zero-order chi connectivity index (χ0) is 17.2. The predicted octanol–water partition coefficient (Wildman–Crippen LogP) is 5.69. The normalized spacial score (nSPS) is 13.9. The molecule has 1 N–H and O–H groups in total. The minimum atomic E-state index is 0. The lowest BCUT2D eigenvalue weighted by molar-refractivity contribution is 0.625. The molecule has 0 saturated heterocycles. The van der Waals surface area contributed by atoms with Gasteiger partial charge in [-0.3, -0.25) is 0 Å². The molecule has 5 heteroatoms. The molecule has 2 nitrogen and oxygen atoms in total. The Labute approximate surface area is 170 Å². The van der Waals surface area contributed by atoms with E-state index < -0.39 is 0 Å². The lowest BCUT2D eigenvalue weighted by Gasteiger charge is -2.11. The molecular weight excluding hydrogens is 387 g/mol. The first-order chi connectivity index (χ1) is 12.3. The molecule has 1 aliphatic rings. The van der Waals surface area contributed by atoms with Crippen molar-refractivity contribution in [3.05, 3.63) is 69.3 Å². The highest BCUT2D eigenvalue weighted by molar-refractivity contribution is 6.45. The molecule has 2 aromatic carbocycles. The quantitative estimate of drug-likeness (QED) is 0.585. The molecule has 0 unspecified atom stereocenters. The fourth-order valence-corrected chi connectivity index (χ4v) is 4.38. The van der Waals surface area contributed by atoms with Gasteiger partial charge < -0.3 is 9.88 Å². The molecule has 1 aromatic heterocycles. The van der Waals surface area contributed by atoms with E-state index >= 15 is 0 Å². The Morgan fingerprint density at radius 2 is 1.73 bits per heavy atom. The molecule has 0 radical (unpaired) electrons. The first-order valence-electron chi connectivity index (χ1n) is 8.98. The summed E-state index contributed by atoms with van der Waals surface area (Å²) in [5.41, 5.74) is 5.44. The van der Waals surface area contributed by atoms with Gasteiger partial charge in [0, 0.05) is 30.6 Å². The molecule has 3 aromatic rings. The topological polar surface area (TPSA) is 17.0 Å². The molecule has 138 valence electrons. The van der Waals surface area contributed by atoms with Crippen LogP contribution in [0.5, 0.6) is 0 Å². The van der Waals surface area contributed by atoms with Crippen LogP contribution in [0.15, 0.2) is 42.5 Å². The second-order valence-corrected chi connectivity index (χ2v) is 7.46. The molecule has 26 heavy (non-hydrogen) atoms. The maximum absolute atomic E-state index is 6.59. The number of hydrogen-bond acceptors (Lipinski definition) is 1. The second kappa shape index (κ2) is 8.67. The summed E-state index contributed by atoms with van der Waals surface area (Å²) in [6, 6.07) is 14.8. The maximum atomic E-state index is 6.59. The molecule has 0 spiro atoms. The Morgan fingerprint density at radius 1 is 0.962 bits per heavy atom. The van der Waals surface area contributed by atoms with Crippen LogP contribution in [0.4, 0.5) is 0 Å². The summed E-state index contributed by atoms with van der Waals surface area (Å²) in [5, 5.41) is 6.01. The monoisotopic (exact) mass is 408 g/mol. The van der Waals surface area contributed by atoms with Gasteiger partial charge in [-0.1, -0.05) is 53.5 Å². The first kappa shape index (κ1) is 19.6. The summed E-state index contributed by atoms with van der Waals surface area (Å²) in [7, 11) is 0. The van der Waals surface area contributed by atoms with Gasteiger partial charge in [0.25, 0.3) is 0 Å². The van der Waals surface area contributed by atoms with Gasteiger partial charge in [-0.25, -0.2) is 0 Å². The highest BCUT2D eigenvalue weighted by atomic mass is 35.5. The van der Waals surface area contributed by atoms with Crippen LogP contribution in [0.25, 0.3) is 10.9 Å². The van der Waals surface area contributed by atoms with Crippen LogP contribution in [-0.4, -0.2) is 17.7 Å². The van der Waals surface area contributed by atoms with Crippen molar-refractivity contribution in [3.63, 3.8) is 0 Å². The van der Waals surface area contributed by atoms with Gasteiger partial charge in [0.15, 0.2) is 0 Å². The lowest BCUT2D eigenvalue weighted by Crippen LogP contribution is -2.17. The summed E-state index contributed by atoms with van der Waals surface area (Å²) < 4.78 is 2.48. The van der Waals surface area contributed by atoms with E-state index in [-0.39, 0.29) is 12.4 Å². The van der Waals surface area contributed by atoms with Gasteiger partial charge >= 0.3 is 0 Å². The zero-order valence-corrected chi connectivity index (χ0v) is 16.9. The number of aromatic nitrogens is 1. The molecule has 2 heterocycles. The maximum Gasteiger partial charge on any atom is 0.0689 e. The number of benzene rings is 2. The van der Waals surface area contributed by atoms with E-state index in [1.807, 2.05) is 6.07 Å². The van der Waals surface area contributed by atoms with Crippen LogP contribution in [0.3, 0.4) is 0 Å². The largest absolute Gasteiger partial charge is 0.344 e. The third-order valence-corrected chi connectivity index (χ3v) is 5.92. The summed E-state index contributed by atoms with van der Waals surface area (Å²) in [6.45, 7) is 3.03. The summed E-state index contributed by atoms with van der Waals surface area (Å²) in [6.07, 6.45) is 4.27. The predicted molar refractivity (Wildman–Crippen MR) is 114 cm³/mol. The summed E-state index contributed by atoms with van der Waals surface area (Å²) >= 11 is 12.9. The third kappa shape index (κ3) is 3.75. The first-order valence-corrected chi connectivity index (χ1v) is 9.74. The van der Waals surface area contributed by atoms with Crippen molar-refractivity contribution in [2.24, 2.45) is 0 Å². The number of rotatable bonds is 4. The Hall–Kier alpha value is -1.19. The summed E-state index contributed by atoms with van der Waals surface area (Å²) in [4.78, 5) is 0. The van der Waals surface area contributed by atoms with Crippen LogP contribution in [0.1, 0.15) is 23.2 Å². The van der Waals surface area contributed by atoms with E-state index in [2.05, 4.69) is 46.3 Å². The van der Waals surface area contributed by atoms with Crippen LogP contribution < -0.4 is 5.32 Å². The molecule has 0 aliphatic carbocycles.